The molecule has 4 rings (SSSR count). The minimum absolute atomic E-state index is 0.0118. The van der Waals surface area contributed by atoms with Gasteiger partial charge in [-0.05, 0) is 29.8 Å². The smallest absolute Gasteiger partial charge is 0.231 e. The number of fused-ring (bicyclic) bond motifs is 1. The summed E-state index contributed by atoms with van der Waals surface area (Å²) in [6.07, 6.45) is -0.0118. The largest absolute Gasteiger partial charge is 0.366 e. The van der Waals surface area contributed by atoms with Crippen molar-refractivity contribution in [3.05, 3.63) is 81.9 Å². The van der Waals surface area contributed by atoms with Gasteiger partial charge in [-0.3, -0.25) is 9.69 Å². The molecule has 1 amide bonds. The van der Waals surface area contributed by atoms with E-state index in [0.29, 0.717) is 21.7 Å². The Morgan fingerprint density at radius 3 is 2.30 bits per heavy atom. The van der Waals surface area contributed by atoms with E-state index in [4.69, 9.17) is 0 Å². The van der Waals surface area contributed by atoms with Crippen molar-refractivity contribution < 1.29 is 18.7 Å². The van der Waals surface area contributed by atoms with E-state index < -0.39 is 23.3 Å². The van der Waals surface area contributed by atoms with Crippen molar-refractivity contribution in [2.45, 2.75) is 18.1 Å². The molecule has 0 bridgehead atoms. The third-order valence-electron chi connectivity index (χ3n) is 4.89. The Balaban J connectivity index is 1.79. The van der Waals surface area contributed by atoms with Gasteiger partial charge in [-0.25, -0.2) is 8.78 Å². The molecule has 0 saturated carbocycles. The lowest BCUT2D eigenvalue weighted by atomic mass is 9.85. The van der Waals surface area contributed by atoms with E-state index >= 15 is 0 Å². The molecule has 2 aliphatic rings. The zero-order chi connectivity index (χ0) is 19.2. The molecule has 2 aromatic carbocycles. The second-order valence-electron chi connectivity index (χ2n) is 6.48. The summed E-state index contributed by atoms with van der Waals surface area (Å²) in [5, 5.41) is 21.3. The fourth-order valence-corrected chi connectivity index (χ4v) is 4.89. The molecule has 2 aromatic rings. The number of halogens is 2. The number of thioether (sulfide) groups is 1. The Hall–Kier alpha value is -2.69. The molecule has 0 aliphatic carbocycles. The molecule has 2 aliphatic heterocycles. The molecule has 0 aromatic heterocycles. The van der Waals surface area contributed by atoms with Gasteiger partial charge in [0.1, 0.15) is 11.6 Å². The standard InChI is InChI=1S/C20H14F2N2O2S/c21-14-5-1-12(2-6-14)16-9-18(25)24-19(17(16)10-23)27-11-20(24,26)13-3-7-15(22)8-4-13/h1-8,16,26H,9,11H2/t16-,20-/m1/s1. The lowest BCUT2D eigenvalue weighted by Crippen LogP contribution is -2.48. The zero-order valence-corrected chi connectivity index (χ0v) is 14.8. The molecular weight excluding hydrogens is 370 g/mol. The molecule has 0 radical (unpaired) electrons. The number of hydrogen-bond donors (Lipinski definition) is 1. The van der Waals surface area contributed by atoms with E-state index in [1.807, 2.05) is 0 Å². The third kappa shape index (κ3) is 2.82. The molecule has 1 N–H and O–H groups in total. The van der Waals surface area contributed by atoms with Crippen LogP contribution < -0.4 is 0 Å². The highest BCUT2D eigenvalue weighted by Gasteiger charge is 2.51. The van der Waals surface area contributed by atoms with E-state index in [1.54, 1.807) is 12.1 Å². The van der Waals surface area contributed by atoms with Gasteiger partial charge < -0.3 is 5.11 Å². The first kappa shape index (κ1) is 17.7. The van der Waals surface area contributed by atoms with Crippen molar-refractivity contribution in [3.8, 4) is 6.07 Å². The van der Waals surface area contributed by atoms with E-state index in [1.165, 1.54) is 53.1 Å². The van der Waals surface area contributed by atoms with E-state index in [2.05, 4.69) is 6.07 Å². The van der Waals surface area contributed by atoms with Crippen LogP contribution in [0, 0.1) is 23.0 Å². The lowest BCUT2D eigenvalue weighted by molar-refractivity contribution is -0.149. The Kier molecular flexibility index (Phi) is 4.25. The maximum Gasteiger partial charge on any atom is 0.231 e. The quantitative estimate of drug-likeness (QED) is 0.859. The number of benzene rings is 2. The minimum Gasteiger partial charge on any atom is -0.366 e. The fourth-order valence-electron chi connectivity index (χ4n) is 3.54. The van der Waals surface area contributed by atoms with Crippen molar-refractivity contribution >= 4 is 17.7 Å². The molecule has 136 valence electrons. The summed E-state index contributed by atoms with van der Waals surface area (Å²) in [6, 6.07) is 13.2. The van der Waals surface area contributed by atoms with E-state index in [9.17, 15) is 23.9 Å². The normalized spacial score (nSPS) is 24.7. The second kappa shape index (κ2) is 6.48. The van der Waals surface area contributed by atoms with Crippen molar-refractivity contribution in [1.29, 1.82) is 5.26 Å². The van der Waals surface area contributed by atoms with E-state index in [0.717, 1.165) is 0 Å². The maximum absolute atomic E-state index is 13.2. The van der Waals surface area contributed by atoms with Crippen molar-refractivity contribution in [1.82, 2.24) is 4.90 Å². The van der Waals surface area contributed by atoms with Crippen LogP contribution in [0.1, 0.15) is 23.5 Å². The Morgan fingerprint density at radius 1 is 1.11 bits per heavy atom. The Bertz CT molecular complexity index is 983. The van der Waals surface area contributed by atoms with Gasteiger partial charge in [-0.2, -0.15) is 5.26 Å². The molecule has 7 heteroatoms. The first-order valence-corrected chi connectivity index (χ1v) is 9.26. The Morgan fingerprint density at radius 2 is 1.70 bits per heavy atom. The number of rotatable bonds is 2. The van der Waals surface area contributed by atoms with Gasteiger partial charge in [-0.15, -0.1) is 11.8 Å². The number of allylic oxidation sites excluding steroid dienone is 1. The van der Waals surface area contributed by atoms with Crippen LogP contribution >= 0.6 is 11.8 Å². The van der Waals surface area contributed by atoms with Gasteiger partial charge in [0, 0.05) is 17.9 Å². The summed E-state index contributed by atoms with van der Waals surface area (Å²) in [5.41, 5.74) is -0.214. The van der Waals surface area contributed by atoms with Crippen LogP contribution in [-0.4, -0.2) is 21.7 Å². The average Bonchev–Trinajstić information content (AvgIpc) is 3.02. The first-order valence-electron chi connectivity index (χ1n) is 8.28. The van der Waals surface area contributed by atoms with Crippen molar-refractivity contribution in [3.63, 3.8) is 0 Å². The van der Waals surface area contributed by atoms with Crippen LogP contribution in [-0.2, 0) is 10.5 Å². The maximum atomic E-state index is 13.2. The van der Waals surface area contributed by atoms with E-state index in [-0.39, 0.29) is 18.1 Å². The summed E-state index contributed by atoms with van der Waals surface area (Å²) < 4.78 is 26.5. The number of aliphatic hydroxyl groups is 1. The number of nitriles is 1. The van der Waals surface area contributed by atoms with Gasteiger partial charge >= 0.3 is 0 Å². The number of carbonyl (C=O) groups excluding carboxylic acids is 1. The number of carbonyl (C=O) groups is 1. The molecule has 2 heterocycles. The van der Waals surface area contributed by atoms with Crippen LogP contribution in [0.15, 0.2) is 59.1 Å². The number of hydrogen-bond acceptors (Lipinski definition) is 4. The fraction of sp³-hybridized carbons (Fsp3) is 0.200. The summed E-state index contributed by atoms with van der Waals surface area (Å²) in [4.78, 5) is 14.1. The predicted octanol–water partition coefficient (Wildman–Crippen LogP) is 3.61. The average molecular weight is 384 g/mol. The minimum atomic E-state index is -1.64. The Labute approximate surface area is 158 Å². The van der Waals surface area contributed by atoms with Crippen LogP contribution in [0.3, 0.4) is 0 Å². The number of amides is 1. The highest BCUT2D eigenvalue weighted by molar-refractivity contribution is 8.03. The summed E-state index contributed by atoms with van der Waals surface area (Å²) in [7, 11) is 0. The van der Waals surface area contributed by atoms with Crippen molar-refractivity contribution in [2.75, 3.05) is 5.75 Å². The molecule has 4 nitrogen and oxygen atoms in total. The third-order valence-corrected chi connectivity index (χ3v) is 6.11. The molecule has 0 spiro atoms. The highest BCUT2D eigenvalue weighted by Crippen LogP contribution is 2.51. The monoisotopic (exact) mass is 384 g/mol. The van der Waals surface area contributed by atoms with Gasteiger partial charge in [0.15, 0.2) is 5.72 Å². The highest BCUT2D eigenvalue weighted by atomic mass is 32.2. The lowest BCUT2D eigenvalue weighted by Gasteiger charge is -2.38. The summed E-state index contributed by atoms with van der Waals surface area (Å²) >= 11 is 1.21. The topological polar surface area (TPSA) is 64.3 Å². The van der Waals surface area contributed by atoms with Crippen LogP contribution in [0.5, 0.6) is 0 Å². The van der Waals surface area contributed by atoms with Crippen molar-refractivity contribution in [2.24, 2.45) is 0 Å². The molecule has 1 saturated heterocycles. The predicted molar refractivity (Wildman–Crippen MR) is 96.0 cm³/mol. The second-order valence-corrected chi connectivity index (χ2v) is 7.44. The molecular formula is C20H14F2N2O2S. The molecule has 0 unspecified atom stereocenters. The van der Waals surface area contributed by atoms with Gasteiger partial charge in [0.2, 0.25) is 5.91 Å². The van der Waals surface area contributed by atoms with Gasteiger partial charge in [0.25, 0.3) is 0 Å². The van der Waals surface area contributed by atoms with Crippen LogP contribution in [0.25, 0.3) is 0 Å². The summed E-state index contributed by atoms with van der Waals surface area (Å²) in [5.74, 6) is -1.52. The molecule has 1 fully saturated rings. The number of nitrogens with zero attached hydrogens (tertiary/aromatic N) is 2. The molecule has 27 heavy (non-hydrogen) atoms. The molecule has 2 atom stereocenters. The SMILES string of the molecule is N#CC1=C2SC[C@@](O)(c3ccc(F)cc3)N2C(=O)C[C@@H]1c1ccc(F)cc1. The van der Waals surface area contributed by atoms with Gasteiger partial charge in [0.05, 0.1) is 22.4 Å². The first-order chi connectivity index (χ1) is 12.9. The zero-order valence-electron chi connectivity index (χ0n) is 14.0. The van der Waals surface area contributed by atoms with Crippen LogP contribution in [0.4, 0.5) is 8.78 Å². The van der Waals surface area contributed by atoms with Gasteiger partial charge in [-0.1, -0.05) is 24.3 Å². The van der Waals surface area contributed by atoms with Crippen LogP contribution in [0.2, 0.25) is 0 Å². The summed E-state index contributed by atoms with van der Waals surface area (Å²) in [6.45, 7) is 0.